The third-order valence-corrected chi connectivity index (χ3v) is 3.17. The quantitative estimate of drug-likeness (QED) is 0.795. The molecule has 0 aromatic heterocycles. The van der Waals surface area contributed by atoms with E-state index in [0.717, 1.165) is 6.42 Å². The molecule has 0 radical (unpaired) electrons. The first-order valence-electron chi connectivity index (χ1n) is 5.77. The maximum atomic E-state index is 5.92. The summed E-state index contributed by atoms with van der Waals surface area (Å²) in [5.41, 5.74) is 6.33. The molecule has 96 valence electrons. The minimum Gasteiger partial charge on any atom is -0.491 e. The molecule has 0 aliphatic carbocycles. The second kappa shape index (κ2) is 6.36. The second-order valence-electron chi connectivity index (χ2n) is 4.85. The molecule has 17 heavy (non-hydrogen) atoms. The molecule has 1 aromatic carbocycles. The van der Waals surface area contributed by atoms with Crippen molar-refractivity contribution in [3.8, 4) is 5.75 Å². The van der Waals surface area contributed by atoms with E-state index in [1.165, 1.54) is 0 Å². The molecule has 2 nitrogen and oxygen atoms in total. The van der Waals surface area contributed by atoms with E-state index < -0.39 is 0 Å². The molecule has 0 bridgehead atoms. The van der Waals surface area contributed by atoms with Gasteiger partial charge in [0, 0.05) is 6.07 Å². The Labute approximate surface area is 113 Å². The summed E-state index contributed by atoms with van der Waals surface area (Å²) in [5.74, 6) is 1.76. The largest absolute Gasteiger partial charge is 0.491 e. The van der Waals surface area contributed by atoms with Crippen LogP contribution in [0.4, 0.5) is 5.69 Å². The highest BCUT2D eigenvalue weighted by atomic mass is 35.5. The van der Waals surface area contributed by atoms with E-state index in [9.17, 15) is 0 Å². The number of nitrogens with two attached hydrogens (primary N) is 1. The van der Waals surface area contributed by atoms with Crippen molar-refractivity contribution in [3.05, 3.63) is 22.2 Å². The van der Waals surface area contributed by atoms with Crippen molar-refractivity contribution in [3.63, 3.8) is 0 Å². The predicted octanol–water partition coefficient (Wildman–Crippen LogP) is 4.64. The fourth-order valence-corrected chi connectivity index (χ4v) is 2.10. The molecule has 1 unspecified atom stereocenters. The van der Waals surface area contributed by atoms with Crippen LogP contribution in [0.1, 0.15) is 27.2 Å². The van der Waals surface area contributed by atoms with E-state index in [1.54, 1.807) is 12.1 Å². The molecule has 1 rings (SSSR count). The summed E-state index contributed by atoms with van der Waals surface area (Å²) in [6, 6.07) is 3.29. The first-order chi connectivity index (χ1) is 7.90. The average molecular weight is 276 g/mol. The zero-order valence-electron chi connectivity index (χ0n) is 10.5. The van der Waals surface area contributed by atoms with Crippen molar-refractivity contribution in [1.29, 1.82) is 0 Å². The normalized spacial score (nSPS) is 12.8. The molecular weight excluding hydrogens is 257 g/mol. The van der Waals surface area contributed by atoms with Gasteiger partial charge in [0.2, 0.25) is 0 Å². The summed E-state index contributed by atoms with van der Waals surface area (Å²) >= 11 is 11.8. The van der Waals surface area contributed by atoms with Crippen LogP contribution in [0.15, 0.2) is 12.1 Å². The maximum absolute atomic E-state index is 5.92. The van der Waals surface area contributed by atoms with Gasteiger partial charge in [0.1, 0.15) is 5.75 Å². The fraction of sp³-hybridized carbons (Fsp3) is 0.538. The third-order valence-electron chi connectivity index (χ3n) is 2.45. The molecule has 0 heterocycles. The smallest absolute Gasteiger partial charge is 0.143 e. The second-order valence-corrected chi connectivity index (χ2v) is 5.66. The molecule has 0 aliphatic heterocycles. The van der Waals surface area contributed by atoms with Crippen molar-refractivity contribution < 1.29 is 4.74 Å². The Bertz CT molecular complexity index is 380. The lowest BCUT2D eigenvalue weighted by molar-refractivity contribution is 0.240. The number of benzene rings is 1. The number of anilines is 1. The number of ether oxygens (including phenoxy) is 1. The van der Waals surface area contributed by atoms with Crippen LogP contribution in [0, 0.1) is 11.8 Å². The van der Waals surface area contributed by atoms with Crippen LogP contribution in [-0.4, -0.2) is 6.61 Å². The fourth-order valence-electron chi connectivity index (χ4n) is 1.77. The molecule has 2 N–H and O–H groups in total. The van der Waals surface area contributed by atoms with Crippen molar-refractivity contribution in [2.45, 2.75) is 27.2 Å². The lowest BCUT2D eigenvalue weighted by Gasteiger charge is -2.16. The van der Waals surface area contributed by atoms with Gasteiger partial charge < -0.3 is 10.5 Å². The van der Waals surface area contributed by atoms with Gasteiger partial charge in [-0.3, -0.25) is 0 Å². The van der Waals surface area contributed by atoms with Gasteiger partial charge in [-0.1, -0.05) is 44.0 Å². The zero-order chi connectivity index (χ0) is 13.0. The van der Waals surface area contributed by atoms with Crippen molar-refractivity contribution >= 4 is 28.9 Å². The summed E-state index contributed by atoms with van der Waals surface area (Å²) < 4.78 is 5.67. The molecule has 1 aromatic rings. The van der Waals surface area contributed by atoms with E-state index in [-0.39, 0.29) is 0 Å². The molecule has 4 heteroatoms. The highest BCUT2D eigenvalue weighted by Crippen LogP contribution is 2.32. The van der Waals surface area contributed by atoms with Crippen LogP contribution < -0.4 is 10.5 Å². The monoisotopic (exact) mass is 275 g/mol. The number of hydrogen-bond donors (Lipinski definition) is 1. The Balaban J connectivity index is 2.60. The molecule has 0 amide bonds. The van der Waals surface area contributed by atoms with Gasteiger partial charge in [-0.05, 0) is 24.3 Å². The minimum absolute atomic E-state index is 0.451. The lowest BCUT2D eigenvalue weighted by Crippen LogP contribution is -2.11. The number of hydrogen-bond acceptors (Lipinski definition) is 2. The topological polar surface area (TPSA) is 35.2 Å². The molecular formula is C13H19Cl2NO. The van der Waals surface area contributed by atoms with Gasteiger partial charge in [0.15, 0.2) is 0 Å². The highest BCUT2D eigenvalue weighted by Gasteiger charge is 2.09. The Hall–Kier alpha value is -0.600. The van der Waals surface area contributed by atoms with Crippen LogP contribution in [0.2, 0.25) is 10.0 Å². The van der Waals surface area contributed by atoms with Crippen LogP contribution in [-0.2, 0) is 0 Å². The van der Waals surface area contributed by atoms with E-state index >= 15 is 0 Å². The zero-order valence-corrected chi connectivity index (χ0v) is 12.0. The van der Waals surface area contributed by atoms with Crippen LogP contribution in [0.3, 0.4) is 0 Å². The average Bonchev–Trinajstić information content (AvgIpc) is 2.20. The summed E-state index contributed by atoms with van der Waals surface area (Å²) in [7, 11) is 0. The number of rotatable bonds is 5. The summed E-state index contributed by atoms with van der Waals surface area (Å²) in [6.45, 7) is 7.20. The van der Waals surface area contributed by atoms with Crippen molar-refractivity contribution in [2.24, 2.45) is 11.8 Å². The summed E-state index contributed by atoms with van der Waals surface area (Å²) in [4.78, 5) is 0. The van der Waals surface area contributed by atoms with Crippen LogP contribution >= 0.6 is 23.2 Å². The van der Waals surface area contributed by atoms with Gasteiger partial charge in [-0.25, -0.2) is 0 Å². The SMILES string of the molecule is CC(C)CC(C)COc1cc(Cl)c(Cl)cc1N. The molecule has 0 spiro atoms. The predicted molar refractivity (Wildman–Crippen MR) is 75.0 cm³/mol. The Morgan fingerprint density at radius 2 is 1.76 bits per heavy atom. The van der Waals surface area contributed by atoms with Crippen LogP contribution in [0.5, 0.6) is 5.75 Å². The Morgan fingerprint density at radius 1 is 1.18 bits per heavy atom. The lowest BCUT2D eigenvalue weighted by atomic mass is 10.00. The molecule has 0 aliphatic rings. The minimum atomic E-state index is 0.451. The Morgan fingerprint density at radius 3 is 2.35 bits per heavy atom. The van der Waals surface area contributed by atoms with Crippen molar-refractivity contribution in [1.82, 2.24) is 0 Å². The van der Waals surface area contributed by atoms with Gasteiger partial charge >= 0.3 is 0 Å². The molecule has 1 atom stereocenters. The van der Waals surface area contributed by atoms with Crippen molar-refractivity contribution in [2.75, 3.05) is 12.3 Å². The number of nitrogen functional groups attached to an aromatic ring is 1. The first kappa shape index (κ1) is 14.5. The van der Waals surface area contributed by atoms with Gasteiger partial charge in [0.05, 0.1) is 22.3 Å². The van der Waals surface area contributed by atoms with E-state index in [0.29, 0.717) is 39.9 Å². The molecule has 0 saturated carbocycles. The van der Waals surface area contributed by atoms with E-state index in [4.69, 9.17) is 33.7 Å². The highest BCUT2D eigenvalue weighted by molar-refractivity contribution is 6.42. The van der Waals surface area contributed by atoms with Gasteiger partial charge in [0.25, 0.3) is 0 Å². The molecule has 0 fully saturated rings. The van der Waals surface area contributed by atoms with Crippen LogP contribution in [0.25, 0.3) is 0 Å². The van der Waals surface area contributed by atoms with Gasteiger partial charge in [-0.15, -0.1) is 0 Å². The van der Waals surface area contributed by atoms with E-state index in [2.05, 4.69) is 20.8 Å². The maximum Gasteiger partial charge on any atom is 0.143 e. The van der Waals surface area contributed by atoms with Gasteiger partial charge in [-0.2, -0.15) is 0 Å². The third kappa shape index (κ3) is 4.64. The van der Waals surface area contributed by atoms with E-state index in [1.807, 2.05) is 0 Å². The summed E-state index contributed by atoms with van der Waals surface area (Å²) in [5, 5.41) is 0.916. The summed E-state index contributed by atoms with van der Waals surface area (Å²) in [6.07, 6.45) is 1.13. The first-order valence-corrected chi connectivity index (χ1v) is 6.53. The Kier molecular flexibility index (Phi) is 5.41. The molecule has 0 saturated heterocycles. The standard InChI is InChI=1S/C13H19Cl2NO/c1-8(2)4-9(3)7-17-13-6-11(15)10(14)5-12(13)16/h5-6,8-9H,4,7,16H2,1-3H3. The number of halogens is 2.